The second-order valence-electron chi connectivity index (χ2n) is 7.55. The zero-order valence-corrected chi connectivity index (χ0v) is 16.0. The first-order valence-corrected chi connectivity index (χ1v) is 10.0. The van der Waals surface area contributed by atoms with Crippen molar-refractivity contribution in [3.8, 4) is 0 Å². The van der Waals surface area contributed by atoms with Crippen LogP contribution in [0.4, 0.5) is 4.79 Å². The second kappa shape index (κ2) is 6.77. The zero-order chi connectivity index (χ0) is 18.3. The number of fused-ring (bicyclic) bond motifs is 1. The molecule has 3 fully saturated rings. The Morgan fingerprint density at radius 3 is 2.96 bits per heavy atom. The summed E-state index contributed by atoms with van der Waals surface area (Å²) < 4.78 is 14.4. The molecule has 1 spiro atoms. The first kappa shape index (κ1) is 17.7. The molecule has 3 aliphatic heterocycles. The maximum absolute atomic E-state index is 12.3. The quantitative estimate of drug-likeness (QED) is 0.801. The number of hydrogen-bond acceptors (Lipinski definition) is 6. The molecular weight excluding hydrogens is 354 g/mol. The van der Waals surface area contributed by atoms with Crippen molar-refractivity contribution in [2.24, 2.45) is 11.8 Å². The Morgan fingerprint density at radius 2 is 2.23 bits per heavy atom. The van der Waals surface area contributed by atoms with Crippen LogP contribution in [0.3, 0.4) is 0 Å². The van der Waals surface area contributed by atoms with E-state index in [2.05, 4.69) is 19.4 Å². The highest BCUT2D eigenvalue weighted by Crippen LogP contribution is 2.54. The molecule has 0 unspecified atom stereocenters. The first-order chi connectivity index (χ1) is 12.5. The molecule has 1 aromatic rings. The minimum absolute atomic E-state index is 0.00497. The summed E-state index contributed by atoms with van der Waals surface area (Å²) in [5.41, 5.74) is 0.843. The molecule has 26 heavy (non-hydrogen) atoms. The number of nitrogens with one attached hydrogen (secondary N) is 2. The van der Waals surface area contributed by atoms with Gasteiger partial charge in [0.15, 0.2) is 5.69 Å². The summed E-state index contributed by atoms with van der Waals surface area (Å²) in [4.78, 5) is 26.6. The van der Waals surface area contributed by atoms with Crippen LogP contribution in [-0.4, -0.2) is 63.5 Å². The smallest absolute Gasteiger partial charge is 0.317 e. The highest BCUT2D eigenvalue weighted by Gasteiger charge is 2.63. The zero-order valence-electron chi connectivity index (χ0n) is 15.2. The van der Waals surface area contributed by atoms with Crippen LogP contribution in [-0.2, 0) is 4.74 Å². The Kier molecular flexibility index (Phi) is 4.60. The molecule has 3 saturated heterocycles. The van der Waals surface area contributed by atoms with Crippen molar-refractivity contribution in [1.82, 2.24) is 24.3 Å². The summed E-state index contributed by atoms with van der Waals surface area (Å²) in [5.74, 6) is 0.343. The molecule has 3 amide bonds. The number of aryl methyl sites for hydroxylation is 1. The van der Waals surface area contributed by atoms with Crippen LogP contribution in [0.1, 0.15) is 42.4 Å². The third kappa shape index (κ3) is 2.87. The van der Waals surface area contributed by atoms with E-state index in [1.54, 1.807) is 6.92 Å². The van der Waals surface area contributed by atoms with Gasteiger partial charge in [-0.15, -0.1) is 0 Å². The number of aromatic nitrogens is 2. The fourth-order valence-electron chi connectivity index (χ4n) is 4.69. The molecule has 0 saturated carbocycles. The van der Waals surface area contributed by atoms with Crippen molar-refractivity contribution in [2.75, 3.05) is 26.2 Å². The van der Waals surface area contributed by atoms with Crippen LogP contribution < -0.4 is 10.6 Å². The molecule has 4 rings (SSSR count). The minimum Gasteiger partial charge on any atom is -0.369 e. The van der Waals surface area contributed by atoms with Crippen molar-refractivity contribution in [3.63, 3.8) is 0 Å². The number of carbonyl (C=O) groups is 2. The van der Waals surface area contributed by atoms with E-state index in [1.807, 2.05) is 11.8 Å². The Bertz CT molecular complexity index is 710. The van der Waals surface area contributed by atoms with E-state index < -0.39 is 0 Å². The Hall–Kier alpha value is -1.74. The summed E-state index contributed by atoms with van der Waals surface area (Å²) in [6.45, 7) is 6.43. The lowest BCUT2D eigenvalue weighted by molar-refractivity contribution is 0.00554. The van der Waals surface area contributed by atoms with Gasteiger partial charge < -0.3 is 20.3 Å². The monoisotopic (exact) mass is 379 g/mol. The first-order valence-electron chi connectivity index (χ1n) is 9.32. The van der Waals surface area contributed by atoms with Crippen molar-refractivity contribution in [1.29, 1.82) is 0 Å². The largest absolute Gasteiger partial charge is 0.369 e. The minimum atomic E-state index is -0.221. The maximum atomic E-state index is 12.3. The molecule has 4 heterocycles. The third-order valence-electron chi connectivity index (χ3n) is 5.96. The van der Waals surface area contributed by atoms with Crippen molar-refractivity contribution in [2.45, 2.75) is 44.8 Å². The second-order valence-corrected chi connectivity index (χ2v) is 8.08. The van der Waals surface area contributed by atoms with Crippen LogP contribution >= 0.6 is 11.7 Å². The van der Waals surface area contributed by atoms with E-state index in [1.165, 1.54) is 0 Å². The molecular formula is C17H25N5O3S. The van der Waals surface area contributed by atoms with E-state index in [0.717, 1.165) is 31.0 Å². The van der Waals surface area contributed by atoms with Crippen LogP contribution in [0.2, 0.25) is 0 Å². The average molecular weight is 379 g/mol. The maximum Gasteiger partial charge on any atom is 0.317 e. The summed E-state index contributed by atoms with van der Waals surface area (Å²) in [5, 5.41) is 5.96. The van der Waals surface area contributed by atoms with Gasteiger partial charge in [-0.3, -0.25) is 4.79 Å². The van der Waals surface area contributed by atoms with Crippen LogP contribution in [0, 0.1) is 18.8 Å². The van der Waals surface area contributed by atoms with E-state index in [9.17, 15) is 9.59 Å². The lowest BCUT2D eigenvalue weighted by atomic mass is 9.73. The Balaban J connectivity index is 1.40. The number of likely N-dealkylation sites (tertiary alicyclic amines) is 1. The molecule has 2 bridgehead atoms. The molecule has 4 atom stereocenters. The summed E-state index contributed by atoms with van der Waals surface area (Å²) in [7, 11) is 0. The van der Waals surface area contributed by atoms with Crippen molar-refractivity contribution in [3.05, 3.63) is 11.4 Å². The Morgan fingerprint density at radius 1 is 1.38 bits per heavy atom. The molecule has 3 aliphatic rings. The van der Waals surface area contributed by atoms with Gasteiger partial charge in [0.1, 0.15) is 0 Å². The number of rotatable bonds is 5. The molecule has 0 aliphatic carbocycles. The van der Waals surface area contributed by atoms with Crippen LogP contribution in [0.25, 0.3) is 0 Å². The van der Waals surface area contributed by atoms with E-state index in [-0.39, 0.29) is 35.5 Å². The number of urea groups is 1. The third-order valence-corrected chi connectivity index (χ3v) is 6.58. The van der Waals surface area contributed by atoms with Crippen molar-refractivity contribution >= 4 is 23.7 Å². The molecule has 0 radical (unpaired) electrons. The molecule has 0 aromatic carbocycles. The van der Waals surface area contributed by atoms with Crippen molar-refractivity contribution < 1.29 is 14.3 Å². The van der Waals surface area contributed by atoms with E-state index in [4.69, 9.17) is 4.74 Å². The van der Waals surface area contributed by atoms with Gasteiger partial charge in [-0.05, 0) is 26.2 Å². The number of ether oxygens (including phenoxy) is 1. The normalized spacial score (nSPS) is 31.9. The lowest BCUT2D eigenvalue weighted by Gasteiger charge is -2.29. The SMILES string of the molecule is CCCNC(=O)N1C[C@@H]2[C@H](CNC(=O)c3nsnc3C)[C@H]3CC[C@]2(C1)O3. The molecule has 1 aromatic heterocycles. The number of nitrogens with zero attached hydrogens (tertiary/aromatic N) is 3. The highest BCUT2D eigenvalue weighted by molar-refractivity contribution is 6.99. The van der Waals surface area contributed by atoms with Gasteiger partial charge in [-0.2, -0.15) is 8.75 Å². The fraction of sp³-hybridized carbons (Fsp3) is 0.765. The van der Waals surface area contributed by atoms with Gasteiger partial charge in [0, 0.05) is 31.5 Å². The predicted molar refractivity (Wildman–Crippen MR) is 96.1 cm³/mol. The van der Waals surface area contributed by atoms with Gasteiger partial charge in [-0.1, -0.05) is 6.92 Å². The Labute approximate surface area is 157 Å². The molecule has 8 nitrogen and oxygen atoms in total. The molecule has 142 valence electrons. The topological polar surface area (TPSA) is 96.5 Å². The van der Waals surface area contributed by atoms with Crippen LogP contribution in [0.5, 0.6) is 0 Å². The van der Waals surface area contributed by atoms with Gasteiger partial charge in [0.25, 0.3) is 5.91 Å². The molecule has 2 N–H and O–H groups in total. The van der Waals surface area contributed by atoms with E-state index in [0.29, 0.717) is 37.6 Å². The summed E-state index contributed by atoms with van der Waals surface area (Å²) in [6.07, 6.45) is 3.10. The number of hydrogen-bond donors (Lipinski definition) is 2. The standard InChI is InChI=1S/C17H25N5O3S/c1-3-6-18-16(24)22-8-12-11(13-4-5-17(12,9-22)25-13)7-19-15(23)14-10(2)20-26-21-14/h11-13H,3-9H2,1-2H3,(H,18,24)(H,19,23)/t11-,12+,13+,17+/m0/s1. The van der Waals surface area contributed by atoms with Crippen LogP contribution in [0.15, 0.2) is 0 Å². The summed E-state index contributed by atoms with van der Waals surface area (Å²) >= 11 is 1.05. The van der Waals surface area contributed by atoms with Gasteiger partial charge in [0.2, 0.25) is 0 Å². The van der Waals surface area contributed by atoms with E-state index >= 15 is 0 Å². The number of amides is 3. The number of carbonyl (C=O) groups excluding carboxylic acids is 2. The van der Waals surface area contributed by atoms with Gasteiger partial charge >= 0.3 is 6.03 Å². The highest BCUT2D eigenvalue weighted by atomic mass is 32.1. The predicted octanol–water partition coefficient (Wildman–Crippen LogP) is 1.18. The fourth-order valence-corrected chi connectivity index (χ4v) is 5.24. The van der Waals surface area contributed by atoms with Gasteiger partial charge in [0.05, 0.1) is 35.7 Å². The van der Waals surface area contributed by atoms with Gasteiger partial charge in [-0.25, -0.2) is 4.79 Å². The lowest BCUT2D eigenvalue weighted by Crippen LogP contribution is -2.42. The molecule has 9 heteroatoms. The summed E-state index contributed by atoms with van der Waals surface area (Å²) in [6, 6.07) is -0.00497. The average Bonchev–Trinajstić information content (AvgIpc) is 3.37.